The lowest BCUT2D eigenvalue weighted by Crippen LogP contribution is -1.98. The Morgan fingerprint density at radius 1 is 1.29 bits per heavy atom. The van der Waals surface area contributed by atoms with Crippen molar-refractivity contribution in [1.82, 2.24) is 4.57 Å². The van der Waals surface area contributed by atoms with Crippen molar-refractivity contribution in [1.29, 1.82) is 0 Å². The van der Waals surface area contributed by atoms with E-state index in [1.54, 1.807) is 6.07 Å². The molecule has 0 radical (unpaired) electrons. The minimum Gasteiger partial charge on any atom is -0.341 e. The number of rotatable bonds is 2. The average molecular weight is 347 g/mol. The van der Waals surface area contributed by atoms with Crippen LogP contribution in [0.25, 0.3) is 21.8 Å². The summed E-state index contributed by atoms with van der Waals surface area (Å²) in [4.78, 5) is 11.0. The van der Waals surface area contributed by atoms with E-state index in [1.165, 1.54) is 0 Å². The number of nitro groups is 1. The summed E-state index contributed by atoms with van der Waals surface area (Å²) in [6, 6.07) is 7.79. The standard InChI is InChI=1S/C16H15BrN2O2/c1-4-18-13-6-5-11(17)8-12(13)15-10(3)14(19(20)21)7-9(2)16(15)18/h5-8H,4H2,1-3H3. The first-order valence-electron chi connectivity index (χ1n) is 6.81. The highest BCUT2D eigenvalue weighted by Gasteiger charge is 2.21. The van der Waals surface area contributed by atoms with Gasteiger partial charge in [0.25, 0.3) is 5.69 Å². The van der Waals surface area contributed by atoms with Gasteiger partial charge in [-0.15, -0.1) is 0 Å². The van der Waals surface area contributed by atoms with Crippen LogP contribution < -0.4 is 0 Å². The van der Waals surface area contributed by atoms with Crippen LogP contribution in [0.15, 0.2) is 28.7 Å². The Hall–Kier alpha value is -1.88. The molecule has 0 N–H and O–H groups in total. The molecule has 2 aromatic carbocycles. The molecule has 3 rings (SSSR count). The predicted molar refractivity (Wildman–Crippen MR) is 88.9 cm³/mol. The number of hydrogen-bond acceptors (Lipinski definition) is 2. The highest BCUT2D eigenvalue weighted by atomic mass is 79.9. The lowest BCUT2D eigenvalue weighted by atomic mass is 10.0. The van der Waals surface area contributed by atoms with Crippen molar-refractivity contribution in [3.8, 4) is 0 Å². The van der Waals surface area contributed by atoms with Crippen molar-refractivity contribution >= 4 is 43.4 Å². The second-order valence-corrected chi connectivity index (χ2v) is 6.14. The minimum absolute atomic E-state index is 0.190. The van der Waals surface area contributed by atoms with Crippen molar-refractivity contribution in [3.05, 3.63) is 50.0 Å². The van der Waals surface area contributed by atoms with E-state index in [-0.39, 0.29) is 10.6 Å². The fourth-order valence-electron chi connectivity index (χ4n) is 3.14. The van der Waals surface area contributed by atoms with Crippen LogP contribution in [-0.2, 0) is 6.54 Å². The van der Waals surface area contributed by atoms with E-state index in [4.69, 9.17) is 0 Å². The molecule has 0 aliphatic carbocycles. The zero-order chi connectivity index (χ0) is 15.3. The summed E-state index contributed by atoms with van der Waals surface area (Å²) in [5.74, 6) is 0. The second kappa shape index (κ2) is 4.84. The van der Waals surface area contributed by atoms with Gasteiger partial charge in [-0.05, 0) is 44.5 Å². The monoisotopic (exact) mass is 346 g/mol. The lowest BCUT2D eigenvalue weighted by Gasteiger charge is -2.07. The van der Waals surface area contributed by atoms with E-state index < -0.39 is 0 Å². The Kier molecular flexibility index (Phi) is 3.24. The van der Waals surface area contributed by atoms with Gasteiger partial charge in [-0.25, -0.2) is 0 Å². The van der Waals surface area contributed by atoms with Gasteiger partial charge in [-0.3, -0.25) is 10.1 Å². The summed E-state index contributed by atoms with van der Waals surface area (Å²) in [5.41, 5.74) is 4.07. The molecule has 0 bridgehead atoms. The van der Waals surface area contributed by atoms with E-state index in [0.29, 0.717) is 0 Å². The SMILES string of the molecule is CCn1c2ccc(Br)cc2c2c(C)c([N+](=O)[O-])cc(C)c21. The van der Waals surface area contributed by atoms with Crippen LogP contribution in [0.2, 0.25) is 0 Å². The molecule has 1 heterocycles. The molecule has 21 heavy (non-hydrogen) atoms. The molecule has 108 valence electrons. The van der Waals surface area contributed by atoms with Gasteiger partial charge in [0.2, 0.25) is 0 Å². The predicted octanol–water partition coefficient (Wildman–Crippen LogP) is 5.10. The molecule has 0 saturated heterocycles. The molecule has 0 spiro atoms. The number of halogens is 1. The molecule has 5 heteroatoms. The van der Waals surface area contributed by atoms with E-state index in [2.05, 4.69) is 33.5 Å². The number of nitro benzene ring substituents is 1. The molecule has 0 aliphatic rings. The van der Waals surface area contributed by atoms with E-state index in [1.807, 2.05) is 26.0 Å². The van der Waals surface area contributed by atoms with Crippen LogP contribution in [-0.4, -0.2) is 9.49 Å². The summed E-state index contributed by atoms with van der Waals surface area (Å²) < 4.78 is 3.21. The zero-order valence-electron chi connectivity index (χ0n) is 12.1. The van der Waals surface area contributed by atoms with Crippen LogP contribution >= 0.6 is 15.9 Å². The first-order valence-corrected chi connectivity index (χ1v) is 7.61. The third-order valence-electron chi connectivity index (χ3n) is 4.02. The Morgan fingerprint density at radius 3 is 2.62 bits per heavy atom. The molecule has 1 aromatic heterocycles. The minimum atomic E-state index is -0.297. The largest absolute Gasteiger partial charge is 0.341 e. The molecule has 4 nitrogen and oxygen atoms in total. The summed E-state index contributed by atoms with van der Waals surface area (Å²) in [6.07, 6.45) is 0. The van der Waals surface area contributed by atoms with Gasteiger partial charge in [-0.1, -0.05) is 15.9 Å². The molecule has 3 aromatic rings. The number of nitrogens with zero attached hydrogens (tertiary/aromatic N) is 2. The average Bonchev–Trinajstić information content (AvgIpc) is 2.76. The fraction of sp³-hybridized carbons (Fsp3) is 0.250. The lowest BCUT2D eigenvalue weighted by molar-refractivity contribution is -0.385. The molecule has 0 fully saturated rings. The van der Waals surface area contributed by atoms with Crippen LogP contribution in [0.4, 0.5) is 5.69 Å². The van der Waals surface area contributed by atoms with Crippen molar-refractivity contribution in [2.45, 2.75) is 27.3 Å². The van der Waals surface area contributed by atoms with Crippen molar-refractivity contribution < 1.29 is 4.92 Å². The quantitative estimate of drug-likeness (QED) is 0.478. The molecule has 0 aliphatic heterocycles. The van der Waals surface area contributed by atoms with Gasteiger partial charge >= 0.3 is 0 Å². The Balaban J connectivity index is 2.63. The van der Waals surface area contributed by atoms with Gasteiger partial charge in [-0.2, -0.15) is 0 Å². The van der Waals surface area contributed by atoms with E-state index in [9.17, 15) is 10.1 Å². The van der Waals surface area contributed by atoms with Gasteiger partial charge in [0, 0.05) is 38.9 Å². The topological polar surface area (TPSA) is 48.1 Å². The number of aromatic nitrogens is 1. The molecule has 0 amide bonds. The smallest absolute Gasteiger partial charge is 0.273 e. The van der Waals surface area contributed by atoms with Crippen molar-refractivity contribution in [2.24, 2.45) is 0 Å². The van der Waals surface area contributed by atoms with Crippen LogP contribution in [0.1, 0.15) is 18.1 Å². The van der Waals surface area contributed by atoms with Gasteiger partial charge in [0.05, 0.1) is 10.4 Å². The molecule has 0 atom stereocenters. The number of fused-ring (bicyclic) bond motifs is 3. The van der Waals surface area contributed by atoms with Crippen molar-refractivity contribution in [3.63, 3.8) is 0 Å². The van der Waals surface area contributed by atoms with Gasteiger partial charge in [0.15, 0.2) is 0 Å². The summed E-state index contributed by atoms with van der Waals surface area (Å²) in [5, 5.41) is 13.3. The summed E-state index contributed by atoms with van der Waals surface area (Å²) >= 11 is 3.50. The summed E-state index contributed by atoms with van der Waals surface area (Å²) in [7, 11) is 0. The van der Waals surface area contributed by atoms with Crippen molar-refractivity contribution in [2.75, 3.05) is 0 Å². The highest BCUT2D eigenvalue weighted by molar-refractivity contribution is 9.10. The Labute approximate surface area is 130 Å². The normalized spacial score (nSPS) is 11.4. The number of aryl methyl sites for hydroxylation is 3. The molecule has 0 saturated carbocycles. The number of hydrogen-bond donors (Lipinski definition) is 0. The third kappa shape index (κ3) is 1.95. The molecular weight excluding hydrogens is 332 g/mol. The van der Waals surface area contributed by atoms with Crippen LogP contribution in [0.3, 0.4) is 0 Å². The Bertz CT molecular complexity index is 897. The van der Waals surface area contributed by atoms with E-state index >= 15 is 0 Å². The highest BCUT2D eigenvalue weighted by Crippen LogP contribution is 2.38. The van der Waals surface area contributed by atoms with Crippen LogP contribution in [0.5, 0.6) is 0 Å². The Morgan fingerprint density at radius 2 is 2.00 bits per heavy atom. The first-order chi connectivity index (χ1) is 9.95. The molecule has 0 unspecified atom stereocenters. The molecular formula is C16H15BrN2O2. The fourth-order valence-corrected chi connectivity index (χ4v) is 3.51. The van der Waals surface area contributed by atoms with Gasteiger partial charge < -0.3 is 4.57 Å². The maximum atomic E-state index is 11.3. The second-order valence-electron chi connectivity index (χ2n) is 5.22. The number of benzene rings is 2. The third-order valence-corrected chi connectivity index (χ3v) is 4.52. The van der Waals surface area contributed by atoms with E-state index in [0.717, 1.165) is 44.0 Å². The maximum absolute atomic E-state index is 11.3. The van der Waals surface area contributed by atoms with Gasteiger partial charge in [0.1, 0.15) is 0 Å². The van der Waals surface area contributed by atoms with Crippen LogP contribution in [0, 0.1) is 24.0 Å². The maximum Gasteiger partial charge on any atom is 0.273 e. The summed E-state index contributed by atoms with van der Waals surface area (Å²) in [6.45, 7) is 6.70. The first kappa shape index (κ1) is 14.1. The zero-order valence-corrected chi connectivity index (χ0v) is 13.7.